The minimum atomic E-state index is 0.497. The Hall–Kier alpha value is -2.58. The van der Waals surface area contributed by atoms with Crippen LogP contribution in [0.5, 0.6) is 5.75 Å². The Bertz CT molecular complexity index is 826. The Balaban J connectivity index is 1.66. The number of rotatable bonds is 5. The summed E-state index contributed by atoms with van der Waals surface area (Å²) in [4.78, 5) is 4.42. The number of hydrogen-bond acceptors (Lipinski definition) is 2. The molecule has 0 radical (unpaired) electrons. The lowest BCUT2D eigenvalue weighted by molar-refractivity contribution is 0.306. The van der Waals surface area contributed by atoms with E-state index in [1.165, 1.54) is 5.56 Å². The van der Waals surface area contributed by atoms with Crippen molar-refractivity contribution >= 4 is 23.5 Å². The first kappa shape index (κ1) is 16.3. The maximum atomic E-state index is 6.32. The number of benzene rings is 3. The highest BCUT2D eigenvalue weighted by Gasteiger charge is 2.03. The number of halogens is 1. The molecule has 0 fully saturated rings. The predicted molar refractivity (Wildman–Crippen MR) is 101 cm³/mol. The lowest BCUT2D eigenvalue weighted by Gasteiger charge is -2.09. The maximum Gasteiger partial charge on any atom is 0.138 e. The Morgan fingerprint density at radius 3 is 2.42 bits per heavy atom. The van der Waals surface area contributed by atoms with Crippen LogP contribution in [0.4, 0.5) is 5.69 Å². The van der Waals surface area contributed by atoms with Crippen LogP contribution in [-0.4, -0.2) is 6.21 Å². The molecule has 0 aliphatic heterocycles. The first-order valence-corrected chi connectivity index (χ1v) is 8.15. The van der Waals surface area contributed by atoms with Gasteiger partial charge in [0.15, 0.2) is 0 Å². The van der Waals surface area contributed by atoms with Crippen molar-refractivity contribution in [2.75, 3.05) is 0 Å². The first-order valence-electron chi connectivity index (χ1n) is 7.78. The monoisotopic (exact) mass is 335 g/mol. The lowest BCUT2D eigenvalue weighted by atomic mass is 10.2. The first-order chi connectivity index (χ1) is 11.7. The van der Waals surface area contributed by atoms with Gasteiger partial charge in [0.25, 0.3) is 0 Å². The zero-order valence-electron chi connectivity index (χ0n) is 13.4. The van der Waals surface area contributed by atoms with Crippen LogP contribution in [0.25, 0.3) is 0 Å². The SMILES string of the molecule is Cc1ccc(COc2ccc(C=Nc3ccccc3)cc2Cl)cc1. The van der Waals surface area contributed by atoms with Gasteiger partial charge in [0.05, 0.1) is 10.7 Å². The van der Waals surface area contributed by atoms with Gasteiger partial charge < -0.3 is 4.74 Å². The maximum absolute atomic E-state index is 6.32. The summed E-state index contributed by atoms with van der Waals surface area (Å²) in [5.74, 6) is 0.675. The molecule has 0 aliphatic carbocycles. The summed E-state index contributed by atoms with van der Waals surface area (Å²) in [5.41, 5.74) is 4.20. The fraction of sp³-hybridized carbons (Fsp3) is 0.0952. The van der Waals surface area contributed by atoms with E-state index in [2.05, 4.69) is 36.2 Å². The van der Waals surface area contributed by atoms with Crippen molar-refractivity contribution in [2.24, 2.45) is 4.99 Å². The molecule has 3 rings (SSSR count). The molecule has 0 amide bonds. The van der Waals surface area contributed by atoms with Crippen LogP contribution in [0.1, 0.15) is 16.7 Å². The van der Waals surface area contributed by atoms with E-state index in [9.17, 15) is 0 Å². The highest BCUT2D eigenvalue weighted by atomic mass is 35.5. The van der Waals surface area contributed by atoms with Crippen molar-refractivity contribution in [1.29, 1.82) is 0 Å². The molecular formula is C21H18ClNO. The van der Waals surface area contributed by atoms with Crippen LogP contribution in [0.2, 0.25) is 5.02 Å². The average molecular weight is 336 g/mol. The third-order valence-electron chi connectivity index (χ3n) is 3.59. The van der Waals surface area contributed by atoms with Crippen molar-refractivity contribution in [2.45, 2.75) is 13.5 Å². The van der Waals surface area contributed by atoms with E-state index in [4.69, 9.17) is 16.3 Å². The van der Waals surface area contributed by atoms with Gasteiger partial charge in [0.2, 0.25) is 0 Å². The third kappa shape index (κ3) is 4.46. The predicted octanol–water partition coefficient (Wildman–Crippen LogP) is 5.98. The molecule has 0 saturated heterocycles. The molecule has 0 heterocycles. The van der Waals surface area contributed by atoms with Gasteiger partial charge in [-0.15, -0.1) is 0 Å². The van der Waals surface area contributed by atoms with Gasteiger partial charge in [-0.1, -0.05) is 59.6 Å². The lowest BCUT2D eigenvalue weighted by Crippen LogP contribution is -1.96. The van der Waals surface area contributed by atoms with Crippen molar-refractivity contribution in [3.63, 3.8) is 0 Å². The van der Waals surface area contributed by atoms with Crippen molar-refractivity contribution in [1.82, 2.24) is 0 Å². The van der Waals surface area contributed by atoms with Crippen molar-refractivity contribution < 1.29 is 4.74 Å². The summed E-state index contributed by atoms with van der Waals surface area (Å²) in [6.07, 6.45) is 1.80. The molecule has 120 valence electrons. The zero-order chi connectivity index (χ0) is 16.8. The van der Waals surface area contributed by atoms with E-state index in [1.807, 2.05) is 48.5 Å². The van der Waals surface area contributed by atoms with E-state index in [0.29, 0.717) is 17.4 Å². The molecule has 0 N–H and O–H groups in total. The second kappa shape index (κ2) is 7.80. The van der Waals surface area contributed by atoms with Crippen LogP contribution in [0.3, 0.4) is 0 Å². The van der Waals surface area contributed by atoms with E-state index in [1.54, 1.807) is 6.21 Å². The van der Waals surface area contributed by atoms with E-state index in [-0.39, 0.29) is 0 Å². The van der Waals surface area contributed by atoms with Gasteiger partial charge in [-0.05, 0) is 48.4 Å². The van der Waals surface area contributed by atoms with Crippen LogP contribution < -0.4 is 4.74 Å². The summed E-state index contributed by atoms with van der Waals surface area (Å²) in [7, 11) is 0. The third-order valence-corrected chi connectivity index (χ3v) is 3.89. The molecule has 24 heavy (non-hydrogen) atoms. The smallest absolute Gasteiger partial charge is 0.138 e. The Morgan fingerprint density at radius 2 is 1.71 bits per heavy atom. The van der Waals surface area contributed by atoms with Crippen LogP contribution in [0, 0.1) is 6.92 Å². The number of ether oxygens (including phenoxy) is 1. The Morgan fingerprint density at radius 1 is 0.958 bits per heavy atom. The molecule has 0 unspecified atom stereocenters. The van der Waals surface area contributed by atoms with Gasteiger partial charge >= 0.3 is 0 Å². The minimum absolute atomic E-state index is 0.497. The molecule has 0 saturated carbocycles. The Kier molecular flexibility index (Phi) is 5.29. The summed E-state index contributed by atoms with van der Waals surface area (Å²) < 4.78 is 5.80. The second-order valence-electron chi connectivity index (χ2n) is 5.56. The summed E-state index contributed by atoms with van der Waals surface area (Å²) >= 11 is 6.32. The number of aryl methyl sites for hydroxylation is 1. The minimum Gasteiger partial charge on any atom is -0.487 e. The normalized spacial score (nSPS) is 10.9. The average Bonchev–Trinajstić information content (AvgIpc) is 2.61. The standard InChI is InChI=1S/C21H18ClNO/c1-16-7-9-17(10-8-16)15-24-21-12-11-18(13-20(21)22)14-23-19-5-3-2-4-6-19/h2-14H,15H2,1H3. The largest absolute Gasteiger partial charge is 0.487 e. The molecule has 3 aromatic rings. The van der Waals surface area contributed by atoms with Crippen LogP contribution in [0.15, 0.2) is 77.8 Å². The molecule has 0 aromatic heterocycles. The molecule has 3 heteroatoms. The van der Waals surface area contributed by atoms with Crippen molar-refractivity contribution in [3.05, 3.63) is 94.5 Å². The van der Waals surface area contributed by atoms with Crippen LogP contribution in [-0.2, 0) is 6.61 Å². The van der Waals surface area contributed by atoms with Gasteiger partial charge in [-0.3, -0.25) is 4.99 Å². The van der Waals surface area contributed by atoms with Crippen LogP contribution >= 0.6 is 11.6 Å². The highest BCUT2D eigenvalue weighted by Crippen LogP contribution is 2.26. The van der Waals surface area contributed by atoms with E-state index >= 15 is 0 Å². The molecule has 0 bridgehead atoms. The fourth-order valence-electron chi connectivity index (χ4n) is 2.22. The van der Waals surface area contributed by atoms with Gasteiger partial charge in [0, 0.05) is 6.21 Å². The number of hydrogen-bond donors (Lipinski definition) is 0. The fourth-order valence-corrected chi connectivity index (χ4v) is 2.47. The van der Waals surface area contributed by atoms with Crippen molar-refractivity contribution in [3.8, 4) is 5.75 Å². The molecule has 0 atom stereocenters. The number of nitrogens with zero attached hydrogens (tertiary/aromatic N) is 1. The van der Waals surface area contributed by atoms with E-state index < -0.39 is 0 Å². The van der Waals surface area contributed by atoms with Gasteiger partial charge in [-0.25, -0.2) is 0 Å². The highest BCUT2D eigenvalue weighted by molar-refractivity contribution is 6.32. The molecule has 0 aliphatic rings. The van der Waals surface area contributed by atoms with Gasteiger partial charge in [-0.2, -0.15) is 0 Å². The Labute approximate surface area is 147 Å². The molecule has 2 nitrogen and oxygen atoms in total. The molecule has 3 aromatic carbocycles. The van der Waals surface area contributed by atoms with Gasteiger partial charge in [0.1, 0.15) is 12.4 Å². The zero-order valence-corrected chi connectivity index (χ0v) is 14.2. The number of para-hydroxylation sites is 1. The molecular weight excluding hydrogens is 318 g/mol. The second-order valence-corrected chi connectivity index (χ2v) is 5.97. The quantitative estimate of drug-likeness (QED) is 0.526. The summed E-state index contributed by atoms with van der Waals surface area (Å²) in [5, 5.41) is 0.583. The topological polar surface area (TPSA) is 21.6 Å². The summed E-state index contributed by atoms with van der Waals surface area (Å²) in [6, 6.07) is 23.7. The number of aliphatic imine (C=N–C) groups is 1. The summed E-state index contributed by atoms with van der Waals surface area (Å²) in [6.45, 7) is 2.56. The molecule has 0 spiro atoms. The van der Waals surface area contributed by atoms with E-state index in [0.717, 1.165) is 16.8 Å².